The van der Waals surface area contributed by atoms with E-state index in [0.717, 1.165) is 5.56 Å². The number of amides is 2. The molecule has 2 rings (SSSR count). The second-order valence-corrected chi connectivity index (χ2v) is 8.38. The maximum absolute atomic E-state index is 12.5. The summed E-state index contributed by atoms with van der Waals surface area (Å²) in [5.74, 6) is 1.15. The summed E-state index contributed by atoms with van der Waals surface area (Å²) in [4.78, 5) is 26.6. The SMILES string of the molecule is CC(C)(C)CC(=O)N1CSCC1C(=O)NCC(N)c1ccccc1. The Morgan fingerprint density at radius 3 is 2.62 bits per heavy atom. The van der Waals surface area contributed by atoms with Crippen molar-refractivity contribution in [3.8, 4) is 0 Å². The van der Waals surface area contributed by atoms with E-state index in [4.69, 9.17) is 5.73 Å². The van der Waals surface area contributed by atoms with E-state index in [2.05, 4.69) is 5.32 Å². The van der Waals surface area contributed by atoms with Gasteiger partial charge in [-0.05, 0) is 11.0 Å². The van der Waals surface area contributed by atoms with Gasteiger partial charge in [0, 0.05) is 24.8 Å². The largest absolute Gasteiger partial charge is 0.352 e. The van der Waals surface area contributed by atoms with Crippen molar-refractivity contribution < 1.29 is 9.59 Å². The minimum atomic E-state index is -0.396. The molecule has 2 amide bonds. The molecule has 0 aromatic heterocycles. The molecule has 1 fully saturated rings. The molecule has 2 atom stereocenters. The molecule has 2 unspecified atom stereocenters. The van der Waals surface area contributed by atoms with E-state index in [1.165, 1.54) is 0 Å². The van der Waals surface area contributed by atoms with E-state index in [1.807, 2.05) is 51.1 Å². The highest BCUT2D eigenvalue weighted by Crippen LogP contribution is 2.26. The van der Waals surface area contributed by atoms with Gasteiger partial charge in [-0.3, -0.25) is 9.59 Å². The molecule has 1 aromatic carbocycles. The van der Waals surface area contributed by atoms with Crippen LogP contribution in [0.4, 0.5) is 0 Å². The van der Waals surface area contributed by atoms with Crippen LogP contribution in [0.25, 0.3) is 0 Å². The first-order chi connectivity index (χ1) is 11.3. The molecule has 132 valence electrons. The Morgan fingerprint density at radius 2 is 2.00 bits per heavy atom. The van der Waals surface area contributed by atoms with E-state index in [0.29, 0.717) is 24.6 Å². The molecular formula is C18H27N3O2S. The Kier molecular flexibility index (Phi) is 6.29. The third kappa shape index (κ3) is 5.24. The molecule has 1 aromatic rings. The van der Waals surface area contributed by atoms with Crippen molar-refractivity contribution in [2.45, 2.75) is 39.3 Å². The number of hydrogen-bond acceptors (Lipinski definition) is 4. The number of hydrogen-bond donors (Lipinski definition) is 2. The van der Waals surface area contributed by atoms with E-state index >= 15 is 0 Å². The highest BCUT2D eigenvalue weighted by Gasteiger charge is 2.35. The quantitative estimate of drug-likeness (QED) is 0.854. The van der Waals surface area contributed by atoms with Crippen molar-refractivity contribution in [2.24, 2.45) is 11.1 Å². The summed E-state index contributed by atoms with van der Waals surface area (Å²) in [5.41, 5.74) is 7.02. The minimum absolute atomic E-state index is 0.0417. The molecule has 1 saturated heterocycles. The van der Waals surface area contributed by atoms with E-state index in [9.17, 15) is 9.59 Å². The Labute approximate surface area is 148 Å². The van der Waals surface area contributed by atoms with Crippen LogP contribution in [0.5, 0.6) is 0 Å². The first-order valence-electron chi connectivity index (χ1n) is 8.23. The Morgan fingerprint density at radius 1 is 1.33 bits per heavy atom. The standard InChI is InChI=1S/C18H27N3O2S/c1-18(2,3)9-16(22)21-12-24-11-15(21)17(23)20-10-14(19)13-7-5-4-6-8-13/h4-8,14-15H,9-12,19H2,1-3H3,(H,20,23). The Bertz CT molecular complexity index is 571. The summed E-state index contributed by atoms with van der Waals surface area (Å²) in [5, 5.41) is 2.90. The van der Waals surface area contributed by atoms with Crippen molar-refractivity contribution >= 4 is 23.6 Å². The zero-order valence-electron chi connectivity index (χ0n) is 14.6. The topological polar surface area (TPSA) is 75.4 Å². The van der Waals surface area contributed by atoms with Crippen LogP contribution < -0.4 is 11.1 Å². The summed E-state index contributed by atoms with van der Waals surface area (Å²) < 4.78 is 0. The maximum atomic E-state index is 12.5. The fourth-order valence-corrected chi connectivity index (χ4v) is 3.79. The van der Waals surface area contributed by atoms with Gasteiger partial charge < -0.3 is 16.0 Å². The zero-order valence-corrected chi connectivity index (χ0v) is 15.4. The van der Waals surface area contributed by atoms with Crippen LogP contribution in [0.1, 0.15) is 38.8 Å². The lowest BCUT2D eigenvalue weighted by Gasteiger charge is -2.27. The summed E-state index contributed by atoms with van der Waals surface area (Å²) in [6, 6.07) is 9.04. The molecule has 1 aliphatic rings. The zero-order chi connectivity index (χ0) is 17.7. The average Bonchev–Trinajstić information content (AvgIpc) is 3.01. The monoisotopic (exact) mass is 349 g/mol. The summed E-state index contributed by atoms with van der Waals surface area (Å²) in [6.45, 7) is 6.46. The number of nitrogens with two attached hydrogens (primary N) is 1. The van der Waals surface area contributed by atoms with Crippen LogP contribution in [0.3, 0.4) is 0 Å². The number of rotatable bonds is 5. The molecule has 0 spiro atoms. The fourth-order valence-electron chi connectivity index (χ4n) is 2.61. The third-order valence-electron chi connectivity index (χ3n) is 3.91. The molecular weight excluding hydrogens is 322 g/mol. The van der Waals surface area contributed by atoms with Crippen LogP contribution in [0.15, 0.2) is 30.3 Å². The van der Waals surface area contributed by atoms with Crippen molar-refractivity contribution in [2.75, 3.05) is 18.2 Å². The predicted molar refractivity (Wildman–Crippen MR) is 98.4 cm³/mol. The summed E-state index contributed by atoms with van der Waals surface area (Å²) >= 11 is 1.62. The fraction of sp³-hybridized carbons (Fsp3) is 0.556. The van der Waals surface area contributed by atoms with Gasteiger partial charge in [0.2, 0.25) is 11.8 Å². The second kappa shape index (κ2) is 8.03. The second-order valence-electron chi connectivity index (χ2n) is 7.38. The molecule has 1 aliphatic heterocycles. The highest BCUT2D eigenvalue weighted by molar-refractivity contribution is 7.99. The van der Waals surface area contributed by atoms with E-state index in [1.54, 1.807) is 16.7 Å². The highest BCUT2D eigenvalue weighted by atomic mass is 32.2. The van der Waals surface area contributed by atoms with Crippen LogP contribution >= 0.6 is 11.8 Å². The molecule has 3 N–H and O–H groups in total. The average molecular weight is 350 g/mol. The molecule has 0 radical (unpaired) electrons. The smallest absolute Gasteiger partial charge is 0.243 e. The molecule has 0 bridgehead atoms. The lowest BCUT2D eigenvalue weighted by atomic mass is 9.91. The van der Waals surface area contributed by atoms with E-state index in [-0.39, 0.29) is 23.3 Å². The first kappa shape index (κ1) is 18.8. The van der Waals surface area contributed by atoms with Crippen molar-refractivity contribution in [3.63, 3.8) is 0 Å². The number of thioether (sulfide) groups is 1. The summed E-state index contributed by atoms with van der Waals surface area (Å²) in [6.07, 6.45) is 0.445. The summed E-state index contributed by atoms with van der Waals surface area (Å²) in [7, 11) is 0. The van der Waals surface area contributed by atoms with Crippen LogP contribution in [-0.2, 0) is 9.59 Å². The molecule has 6 heteroatoms. The van der Waals surface area contributed by atoms with Crippen LogP contribution in [0, 0.1) is 5.41 Å². The van der Waals surface area contributed by atoms with Crippen molar-refractivity contribution in [1.82, 2.24) is 10.2 Å². The number of benzene rings is 1. The lowest BCUT2D eigenvalue weighted by molar-refractivity contribution is -0.139. The molecule has 5 nitrogen and oxygen atoms in total. The van der Waals surface area contributed by atoms with Gasteiger partial charge in [0.15, 0.2) is 0 Å². The lowest BCUT2D eigenvalue weighted by Crippen LogP contribution is -2.49. The Hall–Kier alpha value is -1.53. The number of carbonyl (C=O) groups excluding carboxylic acids is 2. The first-order valence-corrected chi connectivity index (χ1v) is 9.39. The van der Waals surface area contributed by atoms with Gasteiger partial charge >= 0.3 is 0 Å². The van der Waals surface area contributed by atoms with Gasteiger partial charge in [-0.15, -0.1) is 11.8 Å². The van der Waals surface area contributed by atoms with Gasteiger partial charge in [-0.2, -0.15) is 0 Å². The maximum Gasteiger partial charge on any atom is 0.243 e. The normalized spacial score (nSPS) is 19.2. The number of carbonyl (C=O) groups is 2. The molecule has 0 saturated carbocycles. The van der Waals surface area contributed by atoms with E-state index < -0.39 is 6.04 Å². The van der Waals surface area contributed by atoms with Gasteiger partial charge in [0.05, 0.1) is 5.88 Å². The minimum Gasteiger partial charge on any atom is -0.352 e. The van der Waals surface area contributed by atoms with Gasteiger partial charge in [-0.1, -0.05) is 51.1 Å². The predicted octanol–water partition coefficient (Wildman–Crippen LogP) is 2.14. The van der Waals surface area contributed by atoms with Gasteiger partial charge in [0.25, 0.3) is 0 Å². The van der Waals surface area contributed by atoms with Crippen LogP contribution in [0.2, 0.25) is 0 Å². The number of nitrogens with one attached hydrogen (secondary N) is 1. The molecule has 24 heavy (non-hydrogen) atoms. The van der Waals surface area contributed by atoms with Gasteiger partial charge in [-0.25, -0.2) is 0 Å². The number of nitrogens with zero attached hydrogens (tertiary/aromatic N) is 1. The van der Waals surface area contributed by atoms with Crippen molar-refractivity contribution in [1.29, 1.82) is 0 Å². The molecule has 1 heterocycles. The third-order valence-corrected chi connectivity index (χ3v) is 4.92. The van der Waals surface area contributed by atoms with Crippen molar-refractivity contribution in [3.05, 3.63) is 35.9 Å². The van der Waals surface area contributed by atoms with Gasteiger partial charge in [0.1, 0.15) is 6.04 Å². The molecule has 0 aliphatic carbocycles. The van der Waals surface area contributed by atoms with Crippen LogP contribution in [-0.4, -0.2) is 40.9 Å². The Balaban J connectivity index is 1.90.